The van der Waals surface area contributed by atoms with Crippen LogP contribution in [0.3, 0.4) is 0 Å². The van der Waals surface area contributed by atoms with Gasteiger partial charge in [0.25, 0.3) is 0 Å². The molecule has 2 aromatic heterocycles. The van der Waals surface area contributed by atoms with E-state index in [1.807, 2.05) is 59.3 Å². The van der Waals surface area contributed by atoms with Crippen molar-refractivity contribution in [2.45, 2.75) is 20.1 Å². The van der Waals surface area contributed by atoms with Gasteiger partial charge in [0.1, 0.15) is 16.0 Å². The van der Waals surface area contributed by atoms with Crippen LogP contribution in [0.5, 0.6) is 0 Å². The second kappa shape index (κ2) is 8.49. The molecule has 0 aliphatic heterocycles. The first-order valence-electron chi connectivity index (χ1n) is 9.42. The van der Waals surface area contributed by atoms with Crippen molar-refractivity contribution in [3.63, 3.8) is 0 Å². The minimum absolute atomic E-state index is 0.235. The first kappa shape index (κ1) is 19.8. The fraction of sp³-hybridized carbons (Fsp3) is 0.174. The molecule has 0 atom stereocenters. The standard InChI is InChI=1S/C23H19N3O3S/c1-15-21(23(27)28)30-22(25-15)17-7-8-20-19(11-17)18(12-24)13-26(20)9-10-29-14-16-5-3-2-4-6-16/h2-8,11,13H,9-10,14H2,1H3,(H,27,28). The van der Waals surface area contributed by atoms with E-state index in [0.717, 1.165) is 33.4 Å². The van der Waals surface area contributed by atoms with Gasteiger partial charge in [-0.2, -0.15) is 5.26 Å². The summed E-state index contributed by atoms with van der Waals surface area (Å²) in [4.78, 5) is 15.9. The first-order valence-corrected chi connectivity index (χ1v) is 10.2. The van der Waals surface area contributed by atoms with Gasteiger partial charge in [-0.05, 0) is 30.7 Å². The van der Waals surface area contributed by atoms with Crippen LogP contribution in [-0.4, -0.2) is 27.2 Å². The van der Waals surface area contributed by atoms with E-state index in [9.17, 15) is 15.2 Å². The Morgan fingerprint density at radius 1 is 1.27 bits per heavy atom. The number of carboxylic acid groups (broad SMARTS) is 1. The van der Waals surface area contributed by atoms with Gasteiger partial charge < -0.3 is 14.4 Å². The maximum atomic E-state index is 11.3. The highest BCUT2D eigenvalue weighted by Gasteiger charge is 2.16. The molecular formula is C23H19N3O3S. The van der Waals surface area contributed by atoms with Gasteiger partial charge in [-0.25, -0.2) is 9.78 Å². The highest BCUT2D eigenvalue weighted by atomic mass is 32.1. The largest absolute Gasteiger partial charge is 0.477 e. The molecule has 0 saturated carbocycles. The number of fused-ring (bicyclic) bond motifs is 1. The molecule has 0 aliphatic rings. The number of hydrogen-bond donors (Lipinski definition) is 1. The summed E-state index contributed by atoms with van der Waals surface area (Å²) in [5, 5.41) is 20.3. The summed E-state index contributed by atoms with van der Waals surface area (Å²) in [6, 6.07) is 18.0. The normalized spacial score (nSPS) is 10.9. The SMILES string of the molecule is Cc1nc(-c2ccc3c(c2)c(C#N)cn3CCOCc2ccccc2)sc1C(=O)O. The summed E-state index contributed by atoms with van der Waals surface area (Å²) in [7, 11) is 0. The average Bonchev–Trinajstić information content (AvgIpc) is 3.32. The van der Waals surface area contributed by atoms with Gasteiger partial charge in [0.15, 0.2) is 0 Å². The zero-order valence-corrected chi connectivity index (χ0v) is 17.1. The summed E-state index contributed by atoms with van der Waals surface area (Å²) < 4.78 is 7.79. The number of aryl methyl sites for hydroxylation is 1. The molecular weight excluding hydrogens is 398 g/mol. The van der Waals surface area contributed by atoms with E-state index in [2.05, 4.69) is 11.1 Å². The van der Waals surface area contributed by atoms with Crippen molar-refractivity contribution >= 4 is 28.2 Å². The molecule has 4 aromatic rings. The number of nitrogens with zero attached hydrogens (tertiary/aromatic N) is 3. The van der Waals surface area contributed by atoms with Crippen molar-refractivity contribution < 1.29 is 14.6 Å². The van der Waals surface area contributed by atoms with Gasteiger partial charge in [-0.1, -0.05) is 30.3 Å². The Balaban J connectivity index is 1.55. The number of ether oxygens (including phenoxy) is 1. The number of aromatic carboxylic acids is 1. The zero-order valence-electron chi connectivity index (χ0n) is 16.3. The average molecular weight is 417 g/mol. The third kappa shape index (κ3) is 3.96. The molecule has 7 heteroatoms. The molecule has 0 amide bonds. The lowest BCUT2D eigenvalue weighted by molar-refractivity contribution is 0.0701. The Morgan fingerprint density at radius 2 is 2.07 bits per heavy atom. The number of carboxylic acids is 1. The van der Waals surface area contributed by atoms with Crippen LogP contribution in [-0.2, 0) is 17.9 Å². The van der Waals surface area contributed by atoms with Gasteiger partial charge in [0, 0.05) is 29.2 Å². The summed E-state index contributed by atoms with van der Waals surface area (Å²) in [5.41, 5.74) is 3.93. The Bertz CT molecular complexity index is 1250. The third-order valence-electron chi connectivity index (χ3n) is 4.83. The van der Waals surface area contributed by atoms with Crippen LogP contribution in [0, 0.1) is 18.3 Å². The molecule has 0 saturated heterocycles. The number of thiazole rings is 1. The second-order valence-electron chi connectivity index (χ2n) is 6.86. The maximum Gasteiger partial charge on any atom is 0.347 e. The smallest absolute Gasteiger partial charge is 0.347 e. The Kier molecular flexibility index (Phi) is 5.61. The number of benzene rings is 2. The minimum atomic E-state index is -0.975. The number of hydrogen-bond acceptors (Lipinski definition) is 5. The Hall–Kier alpha value is -3.47. The number of nitriles is 1. The molecule has 2 aromatic carbocycles. The number of carbonyl (C=O) groups is 1. The highest BCUT2D eigenvalue weighted by Crippen LogP contribution is 2.32. The molecule has 0 spiro atoms. The minimum Gasteiger partial charge on any atom is -0.477 e. The topological polar surface area (TPSA) is 88.1 Å². The first-order chi connectivity index (χ1) is 14.6. The lowest BCUT2D eigenvalue weighted by atomic mass is 10.1. The lowest BCUT2D eigenvalue weighted by Gasteiger charge is -2.07. The molecule has 1 N–H and O–H groups in total. The van der Waals surface area contributed by atoms with E-state index >= 15 is 0 Å². The number of rotatable bonds is 7. The summed E-state index contributed by atoms with van der Waals surface area (Å²) in [6.45, 7) is 3.39. The molecule has 150 valence electrons. The predicted octanol–water partition coefficient (Wildman–Crippen LogP) is 4.86. The van der Waals surface area contributed by atoms with Crippen molar-refractivity contribution in [2.24, 2.45) is 0 Å². The van der Waals surface area contributed by atoms with Gasteiger partial charge in [-0.3, -0.25) is 0 Å². The van der Waals surface area contributed by atoms with Crippen molar-refractivity contribution in [1.82, 2.24) is 9.55 Å². The molecule has 0 fully saturated rings. The van der Waals surface area contributed by atoms with E-state index in [4.69, 9.17) is 4.74 Å². The van der Waals surface area contributed by atoms with Crippen LogP contribution >= 0.6 is 11.3 Å². The van der Waals surface area contributed by atoms with Crippen molar-refractivity contribution in [2.75, 3.05) is 6.61 Å². The van der Waals surface area contributed by atoms with E-state index in [1.54, 1.807) is 6.92 Å². The van der Waals surface area contributed by atoms with Crippen LogP contribution in [0.2, 0.25) is 0 Å². The Morgan fingerprint density at radius 3 is 2.77 bits per heavy atom. The molecule has 0 bridgehead atoms. The van der Waals surface area contributed by atoms with Crippen molar-refractivity contribution in [3.8, 4) is 16.6 Å². The van der Waals surface area contributed by atoms with Crippen molar-refractivity contribution in [1.29, 1.82) is 5.26 Å². The van der Waals surface area contributed by atoms with Crippen LogP contribution < -0.4 is 0 Å². The zero-order chi connectivity index (χ0) is 21.1. The predicted molar refractivity (Wildman–Crippen MR) is 116 cm³/mol. The van der Waals surface area contributed by atoms with Gasteiger partial charge >= 0.3 is 5.97 Å². The fourth-order valence-electron chi connectivity index (χ4n) is 3.35. The van der Waals surface area contributed by atoms with Gasteiger partial charge in [-0.15, -0.1) is 11.3 Å². The van der Waals surface area contributed by atoms with Crippen molar-refractivity contribution in [3.05, 3.63) is 76.4 Å². The van der Waals surface area contributed by atoms with E-state index in [0.29, 0.717) is 36.0 Å². The van der Waals surface area contributed by atoms with E-state index in [-0.39, 0.29) is 4.88 Å². The Labute approximate surface area is 177 Å². The monoisotopic (exact) mass is 417 g/mol. The maximum absolute atomic E-state index is 11.3. The third-order valence-corrected chi connectivity index (χ3v) is 6.02. The summed E-state index contributed by atoms with van der Waals surface area (Å²) in [6.07, 6.45) is 1.83. The summed E-state index contributed by atoms with van der Waals surface area (Å²) in [5.74, 6) is -0.975. The molecule has 0 radical (unpaired) electrons. The lowest BCUT2D eigenvalue weighted by Crippen LogP contribution is -2.05. The molecule has 0 unspecified atom stereocenters. The summed E-state index contributed by atoms with van der Waals surface area (Å²) >= 11 is 1.14. The van der Waals surface area contributed by atoms with E-state index < -0.39 is 5.97 Å². The van der Waals surface area contributed by atoms with Crippen LogP contribution in [0.25, 0.3) is 21.5 Å². The van der Waals surface area contributed by atoms with Gasteiger partial charge in [0.2, 0.25) is 0 Å². The molecule has 0 aliphatic carbocycles. The van der Waals surface area contributed by atoms with E-state index in [1.165, 1.54) is 0 Å². The molecule has 6 nitrogen and oxygen atoms in total. The quantitative estimate of drug-likeness (QED) is 0.434. The fourth-order valence-corrected chi connectivity index (χ4v) is 4.25. The number of aromatic nitrogens is 2. The molecule has 30 heavy (non-hydrogen) atoms. The van der Waals surface area contributed by atoms with Crippen LogP contribution in [0.15, 0.2) is 54.7 Å². The van der Waals surface area contributed by atoms with Gasteiger partial charge in [0.05, 0.1) is 24.5 Å². The highest BCUT2D eigenvalue weighted by molar-refractivity contribution is 7.17. The second-order valence-corrected chi connectivity index (χ2v) is 7.86. The molecule has 4 rings (SSSR count). The van der Waals surface area contributed by atoms with Crippen LogP contribution in [0.4, 0.5) is 0 Å². The van der Waals surface area contributed by atoms with Crippen LogP contribution in [0.1, 0.15) is 26.5 Å². The molecule has 2 heterocycles.